The Balaban J connectivity index is 1.91. The minimum Gasteiger partial charge on any atom is -0.355 e. The van der Waals surface area contributed by atoms with E-state index < -0.39 is 5.54 Å². The van der Waals surface area contributed by atoms with E-state index in [-0.39, 0.29) is 31.1 Å². The lowest BCUT2D eigenvalue weighted by Crippen LogP contribution is -2.50. The summed E-state index contributed by atoms with van der Waals surface area (Å²) >= 11 is 0. The highest BCUT2D eigenvalue weighted by Gasteiger charge is 2.52. The first-order valence-corrected chi connectivity index (χ1v) is 8.47. The molecule has 0 radical (unpaired) electrons. The topological polar surface area (TPSA) is 81.8 Å². The minimum atomic E-state index is -0.713. The van der Waals surface area contributed by atoms with Crippen molar-refractivity contribution < 1.29 is 14.4 Å². The van der Waals surface area contributed by atoms with Gasteiger partial charge in [-0.25, -0.2) is 9.69 Å². The molecule has 2 N–H and O–H groups in total. The van der Waals surface area contributed by atoms with Gasteiger partial charge in [0.05, 0.1) is 13.2 Å². The van der Waals surface area contributed by atoms with Gasteiger partial charge in [0.25, 0.3) is 5.91 Å². The smallest absolute Gasteiger partial charge is 0.326 e. The number of rotatable bonds is 6. The third kappa shape index (κ3) is 4.02. The van der Waals surface area contributed by atoms with E-state index in [1.165, 1.54) is 4.90 Å². The summed E-state index contributed by atoms with van der Waals surface area (Å²) in [5.74, 6) is 0.363. The second kappa shape index (κ2) is 7.29. The SMILES string of the molecule is CCCNC(=O)CN(C)CN1C(=O)NC2(CCC(C)CC2)C1=O. The van der Waals surface area contributed by atoms with Crippen molar-refractivity contribution >= 4 is 17.8 Å². The number of nitrogens with one attached hydrogen (secondary N) is 2. The second-order valence-corrected chi connectivity index (χ2v) is 6.93. The minimum absolute atomic E-state index is 0.0948. The van der Waals surface area contributed by atoms with Crippen LogP contribution in [0.15, 0.2) is 0 Å². The zero-order chi connectivity index (χ0) is 17.0. The van der Waals surface area contributed by atoms with Crippen LogP contribution in [0.3, 0.4) is 0 Å². The lowest BCUT2D eigenvalue weighted by atomic mass is 9.77. The van der Waals surface area contributed by atoms with Gasteiger partial charge in [-0.2, -0.15) is 0 Å². The zero-order valence-electron chi connectivity index (χ0n) is 14.4. The quantitative estimate of drug-likeness (QED) is 0.711. The normalized spacial score (nSPS) is 27.7. The van der Waals surface area contributed by atoms with E-state index in [1.54, 1.807) is 11.9 Å². The molecule has 4 amide bonds. The maximum Gasteiger partial charge on any atom is 0.326 e. The maximum absolute atomic E-state index is 12.7. The number of urea groups is 1. The van der Waals surface area contributed by atoms with Crippen LogP contribution in [0.5, 0.6) is 0 Å². The summed E-state index contributed by atoms with van der Waals surface area (Å²) < 4.78 is 0. The van der Waals surface area contributed by atoms with Gasteiger partial charge in [-0.1, -0.05) is 13.8 Å². The summed E-state index contributed by atoms with van der Waals surface area (Å²) in [5.41, 5.74) is -0.713. The van der Waals surface area contributed by atoms with Crippen molar-refractivity contribution in [3.63, 3.8) is 0 Å². The lowest BCUT2D eigenvalue weighted by molar-refractivity contribution is -0.135. The third-order valence-electron chi connectivity index (χ3n) is 4.74. The molecule has 7 heteroatoms. The molecule has 1 spiro atoms. The molecule has 1 aliphatic carbocycles. The largest absolute Gasteiger partial charge is 0.355 e. The van der Waals surface area contributed by atoms with E-state index in [9.17, 15) is 14.4 Å². The Hall–Kier alpha value is -1.63. The number of likely N-dealkylation sites (N-methyl/N-ethyl adjacent to an activating group) is 1. The first-order chi connectivity index (χ1) is 10.9. The molecule has 0 bridgehead atoms. The van der Waals surface area contributed by atoms with Crippen LogP contribution in [-0.4, -0.2) is 60.0 Å². The first kappa shape index (κ1) is 17.7. The number of hydrogen-bond donors (Lipinski definition) is 2. The van der Waals surface area contributed by atoms with E-state index in [0.717, 1.165) is 19.3 Å². The average molecular weight is 324 g/mol. The zero-order valence-corrected chi connectivity index (χ0v) is 14.4. The van der Waals surface area contributed by atoms with Gasteiger partial charge >= 0.3 is 6.03 Å². The Bertz CT molecular complexity index is 472. The van der Waals surface area contributed by atoms with E-state index in [0.29, 0.717) is 25.3 Å². The summed E-state index contributed by atoms with van der Waals surface area (Å²) in [6.45, 7) is 5.11. The van der Waals surface area contributed by atoms with Crippen molar-refractivity contribution in [1.29, 1.82) is 0 Å². The predicted molar refractivity (Wildman–Crippen MR) is 86.5 cm³/mol. The Kier molecular flexibility index (Phi) is 5.62. The molecule has 23 heavy (non-hydrogen) atoms. The maximum atomic E-state index is 12.7. The van der Waals surface area contributed by atoms with Gasteiger partial charge in [0, 0.05) is 6.54 Å². The van der Waals surface area contributed by atoms with Gasteiger partial charge in [-0.05, 0) is 45.1 Å². The lowest BCUT2D eigenvalue weighted by Gasteiger charge is -2.33. The number of carbonyl (C=O) groups is 3. The van der Waals surface area contributed by atoms with E-state index in [1.807, 2.05) is 6.92 Å². The van der Waals surface area contributed by atoms with E-state index in [2.05, 4.69) is 17.6 Å². The van der Waals surface area contributed by atoms with Crippen LogP contribution in [0.1, 0.15) is 46.0 Å². The van der Waals surface area contributed by atoms with E-state index in [4.69, 9.17) is 0 Å². The molecule has 1 saturated heterocycles. The molecule has 1 saturated carbocycles. The molecule has 2 rings (SSSR count). The fourth-order valence-electron chi connectivity index (χ4n) is 3.26. The van der Waals surface area contributed by atoms with Gasteiger partial charge in [0.2, 0.25) is 5.91 Å². The summed E-state index contributed by atoms with van der Waals surface area (Å²) in [5, 5.41) is 5.68. The molecule has 1 heterocycles. The fraction of sp³-hybridized carbons (Fsp3) is 0.812. The third-order valence-corrected chi connectivity index (χ3v) is 4.74. The highest BCUT2D eigenvalue weighted by Crippen LogP contribution is 2.36. The average Bonchev–Trinajstić information content (AvgIpc) is 2.73. The van der Waals surface area contributed by atoms with Gasteiger partial charge in [0.1, 0.15) is 5.54 Å². The molecule has 0 aromatic rings. The van der Waals surface area contributed by atoms with Gasteiger partial charge < -0.3 is 10.6 Å². The van der Waals surface area contributed by atoms with Crippen molar-refractivity contribution in [3.05, 3.63) is 0 Å². The Morgan fingerprint density at radius 1 is 1.39 bits per heavy atom. The summed E-state index contributed by atoms with van der Waals surface area (Å²) in [6.07, 6.45) is 4.19. The number of amides is 4. The van der Waals surface area contributed by atoms with E-state index >= 15 is 0 Å². The van der Waals surface area contributed by atoms with Gasteiger partial charge in [-0.3, -0.25) is 14.5 Å². The number of carbonyl (C=O) groups excluding carboxylic acids is 3. The van der Waals surface area contributed by atoms with Crippen LogP contribution in [-0.2, 0) is 9.59 Å². The van der Waals surface area contributed by atoms with Crippen molar-refractivity contribution in [2.45, 2.75) is 51.5 Å². The van der Waals surface area contributed by atoms with Crippen molar-refractivity contribution in [2.24, 2.45) is 5.92 Å². The highest BCUT2D eigenvalue weighted by atomic mass is 16.2. The second-order valence-electron chi connectivity index (χ2n) is 6.93. The molecule has 7 nitrogen and oxygen atoms in total. The molecule has 2 aliphatic rings. The van der Waals surface area contributed by atoms with Gasteiger partial charge in [0.15, 0.2) is 0 Å². The van der Waals surface area contributed by atoms with Crippen molar-refractivity contribution in [3.8, 4) is 0 Å². The monoisotopic (exact) mass is 324 g/mol. The van der Waals surface area contributed by atoms with Crippen LogP contribution in [0.2, 0.25) is 0 Å². The number of imide groups is 1. The number of nitrogens with zero attached hydrogens (tertiary/aromatic N) is 2. The van der Waals surface area contributed by atoms with Crippen molar-refractivity contribution in [1.82, 2.24) is 20.4 Å². The fourth-order valence-corrected chi connectivity index (χ4v) is 3.26. The number of hydrogen-bond acceptors (Lipinski definition) is 4. The molecular weight excluding hydrogens is 296 g/mol. The predicted octanol–water partition coefficient (Wildman–Crippen LogP) is 0.903. The molecule has 0 atom stereocenters. The molecule has 0 aromatic heterocycles. The van der Waals surface area contributed by atoms with Crippen molar-refractivity contribution in [2.75, 3.05) is 26.8 Å². The van der Waals surface area contributed by atoms with Crippen LogP contribution in [0.25, 0.3) is 0 Å². The Morgan fingerprint density at radius 2 is 2.04 bits per heavy atom. The molecule has 0 unspecified atom stereocenters. The van der Waals surface area contributed by atoms with Crippen LogP contribution in [0.4, 0.5) is 4.79 Å². The first-order valence-electron chi connectivity index (χ1n) is 8.47. The van der Waals surface area contributed by atoms with Crippen LogP contribution < -0.4 is 10.6 Å². The molecule has 130 valence electrons. The molecule has 0 aromatic carbocycles. The standard InChI is InChI=1S/C16H28N4O3/c1-4-9-17-13(21)10-19(3)11-20-14(22)16(18-15(20)23)7-5-12(2)6-8-16/h12H,4-11H2,1-3H3,(H,17,21)(H,18,23). The van der Waals surface area contributed by atoms with Gasteiger partial charge in [-0.15, -0.1) is 0 Å². The van der Waals surface area contributed by atoms with Crippen LogP contribution >= 0.6 is 0 Å². The van der Waals surface area contributed by atoms with Crippen LogP contribution in [0, 0.1) is 5.92 Å². The molecular formula is C16H28N4O3. The molecule has 1 aliphatic heterocycles. The Labute approximate surface area is 137 Å². The summed E-state index contributed by atoms with van der Waals surface area (Å²) in [7, 11) is 1.74. The summed E-state index contributed by atoms with van der Waals surface area (Å²) in [4.78, 5) is 39.6. The highest BCUT2D eigenvalue weighted by molar-refractivity contribution is 6.07. The molecule has 2 fully saturated rings. The summed E-state index contributed by atoms with van der Waals surface area (Å²) in [6, 6.07) is -0.342. The Morgan fingerprint density at radius 3 is 2.65 bits per heavy atom.